The molecule has 3 rings (SSSR count). The Morgan fingerprint density at radius 1 is 1.11 bits per heavy atom. The normalized spacial score (nSPS) is 10.5. The fraction of sp³-hybridized carbons (Fsp3) is 0.217. The zero-order valence-corrected chi connectivity index (χ0v) is 22.4. The van der Waals surface area contributed by atoms with E-state index in [0.29, 0.717) is 28.2 Å². The van der Waals surface area contributed by atoms with Crippen molar-refractivity contribution < 1.29 is 19.2 Å². The number of nitrogens with zero attached hydrogens (tertiary/aromatic N) is 2. The third-order valence-corrected chi connectivity index (χ3v) is 5.87. The molecule has 15 heteroatoms. The molecule has 0 saturated carbocycles. The van der Waals surface area contributed by atoms with Gasteiger partial charge in [-0.15, -0.1) is 0 Å². The van der Waals surface area contributed by atoms with E-state index < -0.39 is 17.7 Å². The fourth-order valence-electron chi connectivity index (χ4n) is 3.42. The van der Waals surface area contributed by atoms with E-state index in [1.54, 1.807) is 31.7 Å². The first kappa shape index (κ1) is 27.9. The molecule has 0 aliphatic carbocycles. The Balaban J connectivity index is 1.67. The lowest BCUT2D eigenvalue weighted by Crippen LogP contribution is -2.28. The second kappa shape index (κ2) is 11.6. The van der Waals surface area contributed by atoms with Crippen LogP contribution < -0.4 is 27.0 Å². The van der Waals surface area contributed by atoms with Crippen molar-refractivity contribution in [2.75, 3.05) is 22.5 Å². The topological polar surface area (TPSA) is 216 Å². The number of halogens is 1. The van der Waals surface area contributed by atoms with Crippen LogP contribution in [0.15, 0.2) is 29.5 Å². The summed E-state index contributed by atoms with van der Waals surface area (Å²) in [6.07, 6.45) is 3.28. The first-order valence-corrected chi connectivity index (χ1v) is 12.0. The van der Waals surface area contributed by atoms with Crippen LogP contribution in [0.3, 0.4) is 0 Å². The molecule has 0 bridgehead atoms. The molecule has 9 N–H and O–H groups in total. The average molecular weight is 587 g/mol. The number of aromatic amines is 2. The molecule has 4 amide bonds. The Hall–Kier alpha value is -4.66. The van der Waals surface area contributed by atoms with Crippen molar-refractivity contribution in [1.29, 1.82) is 5.41 Å². The number of amides is 4. The van der Waals surface area contributed by atoms with Crippen LogP contribution in [0.25, 0.3) is 0 Å². The van der Waals surface area contributed by atoms with Gasteiger partial charge in [-0.05, 0) is 35.8 Å². The maximum absolute atomic E-state index is 12.9. The number of H-pyrrole nitrogens is 2. The molecule has 0 aliphatic heterocycles. The minimum Gasteiger partial charge on any atom is -0.388 e. The average Bonchev–Trinajstić information content (AvgIpc) is 3.50. The van der Waals surface area contributed by atoms with Crippen LogP contribution in [0.5, 0.6) is 0 Å². The lowest BCUT2D eigenvalue weighted by Gasteiger charge is -2.05. The highest BCUT2D eigenvalue weighted by Crippen LogP contribution is 2.23. The van der Waals surface area contributed by atoms with Gasteiger partial charge in [0.2, 0.25) is 0 Å². The maximum Gasteiger partial charge on any atom is 0.274 e. The molecule has 0 unspecified atom stereocenters. The Labute approximate surface area is 225 Å². The van der Waals surface area contributed by atoms with E-state index in [4.69, 9.17) is 11.1 Å². The standard InChI is InChI=1S/C23H27BrN10O4/c1-10-14(30-20(35)12(3)24)8-28-17(10)22(37)31-19-11(2)18(32-33-19)23(38)29-13-7-15(34(4)9-13)21(36)27-6-5-16(25)26/h7-9,28H,3,5-6H2,1-2,4H3,(H3,25,26)(H,27,36)(H,29,38)(H,30,35)(H2,31,32,33,37). The van der Waals surface area contributed by atoms with Gasteiger partial charge in [-0.2, -0.15) is 5.10 Å². The van der Waals surface area contributed by atoms with Gasteiger partial charge in [0, 0.05) is 43.5 Å². The Morgan fingerprint density at radius 3 is 2.45 bits per heavy atom. The molecule has 14 nitrogen and oxygen atoms in total. The molecule has 38 heavy (non-hydrogen) atoms. The highest BCUT2D eigenvalue weighted by atomic mass is 79.9. The van der Waals surface area contributed by atoms with Gasteiger partial charge in [-0.25, -0.2) is 0 Å². The van der Waals surface area contributed by atoms with Gasteiger partial charge in [0.1, 0.15) is 17.1 Å². The lowest BCUT2D eigenvalue weighted by atomic mass is 10.2. The van der Waals surface area contributed by atoms with Gasteiger partial charge in [-0.3, -0.25) is 29.7 Å². The van der Waals surface area contributed by atoms with E-state index in [-0.39, 0.29) is 46.4 Å². The molecule has 3 aromatic heterocycles. The smallest absolute Gasteiger partial charge is 0.274 e. The number of carbonyl (C=O) groups is 4. The highest BCUT2D eigenvalue weighted by molar-refractivity contribution is 9.12. The summed E-state index contributed by atoms with van der Waals surface area (Å²) in [5, 5.41) is 24.5. The summed E-state index contributed by atoms with van der Waals surface area (Å²) in [5.41, 5.74) is 7.58. The summed E-state index contributed by atoms with van der Waals surface area (Å²) >= 11 is 3.00. The monoisotopic (exact) mass is 586 g/mol. The molecular formula is C23H27BrN10O4. The van der Waals surface area contributed by atoms with Gasteiger partial charge >= 0.3 is 0 Å². The first-order chi connectivity index (χ1) is 17.9. The molecule has 0 atom stereocenters. The molecular weight excluding hydrogens is 560 g/mol. The summed E-state index contributed by atoms with van der Waals surface area (Å²) < 4.78 is 1.69. The summed E-state index contributed by atoms with van der Waals surface area (Å²) in [6.45, 7) is 6.99. The summed E-state index contributed by atoms with van der Waals surface area (Å²) in [6, 6.07) is 1.50. The number of carbonyl (C=O) groups excluding carboxylic acids is 4. The Bertz CT molecular complexity index is 1450. The third kappa shape index (κ3) is 6.36. The summed E-state index contributed by atoms with van der Waals surface area (Å²) in [7, 11) is 1.65. The Kier molecular flexibility index (Phi) is 8.52. The summed E-state index contributed by atoms with van der Waals surface area (Å²) in [4.78, 5) is 52.7. The second-order valence-electron chi connectivity index (χ2n) is 8.30. The number of rotatable bonds is 10. The van der Waals surface area contributed by atoms with Crippen LogP contribution in [0.4, 0.5) is 17.2 Å². The number of aromatic nitrogens is 4. The van der Waals surface area contributed by atoms with Crippen molar-refractivity contribution in [3.8, 4) is 0 Å². The zero-order chi connectivity index (χ0) is 28.1. The predicted octanol–water partition coefficient (Wildman–Crippen LogP) is 2.10. The van der Waals surface area contributed by atoms with Crippen molar-refractivity contribution in [3.05, 3.63) is 57.7 Å². The number of anilines is 3. The lowest BCUT2D eigenvalue weighted by molar-refractivity contribution is -0.112. The van der Waals surface area contributed by atoms with E-state index >= 15 is 0 Å². The predicted molar refractivity (Wildman–Crippen MR) is 146 cm³/mol. The van der Waals surface area contributed by atoms with Crippen LogP contribution in [-0.2, 0) is 11.8 Å². The van der Waals surface area contributed by atoms with Crippen molar-refractivity contribution in [2.24, 2.45) is 12.8 Å². The quantitative estimate of drug-likeness (QED) is 0.101. The van der Waals surface area contributed by atoms with E-state index in [2.05, 4.69) is 59.0 Å². The number of hydrogen-bond acceptors (Lipinski definition) is 6. The molecule has 3 aromatic rings. The number of amidine groups is 1. The van der Waals surface area contributed by atoms with Gasteiger partial charge < -0.3 is 36.6 Å². The van der Waals surface area contributed by atoms with E-state index in [9.17, 15) is 19.2 Å². The molecule has 0 aliphatic rings. The molecule has 200 valence electrons. The number of nitrogens with two attached hydrogens (primary N) is 1. The SMILES string of the molecule is C=C(Br)C(=O)Nc1c[nH]c(C(=O)Nc2n[nH]c(C(=O)Nc3cc(C(=O)NCCC(=N)N)n(C)c3)c2C)c1C. The fourth-order valence-corrected chi connectivity index (χ4v) is 3.51. The van der Waals surface area contributed by atoms with Crippen molar-refractivity contribution in [1.82, 2.24) is 25.1 Å². The zero-order valence-electron chi connectivity index (χ0n) is 20.8. The molecule has 0 saturated heterocycles. The number of nitrogens with one attached hydrogen (secondary N) is 7. The van der Waals surface area contributed by atoms with E-state index in [1.165, 1.54) is 12.3 Å². The number of hydrogen-bond donors (Lipinski definition) is 8. The second-order valence-corrected chi connectivity index (χ2v) is 9.26. The molecule has 3 heterocycles. The first-order valence-electron chi connectivity index (χ1n) is 11.2. The summed E-state index contributed by atoms with van der Waals surface area (Å²) in [5.74, 6) is -1.76. The molecule has 0 spiro atoms. The van der Waals surface area contributed by atoms with Gasteiger partial charge in [0.25, 0.3) is 23.6 Å². The Morgan fingerprint density at radius 2 is 1.79 bits per heavy atom. The minimum atomic E-state index is -0.527. The molecule has 0 fully saturated rings. The van der Waals surface area contributed by atoms with Gasteiger partial charge in [-0.1, -0.05) is 6.58 Å². The van der Waals surface area contributed by atoms with E-state index in [1.807, 2.05) is 0 Å². The van der Waals surface area contributed by atoms with Crippen molar-refractivity contribution in [3.63, 3.8) is 0 Å². The largest absolute Gasteiger partial charge is 0.388 e. The maximum atomic E-state index is 12.9. The van der Waals surface area contributed by atoms with Gasteiger partial charge in [0.05, 0.1) is 21.7 Å². The molecule has 0 radical (unpaired) electrons. The van der Waals surface area contributed by atoms with Crippen LogP contribution in [0.2, 0.25) is 0 Å². The minimum absolute atomic E-state index is 0.0335. The van der Waals surface area contributed by atoms with Crippen LogP contribution in [-0.4, -0.2) is 55.8 Å². The highest BCUT2D eigenvalue weighted by Gasteiger charge is 2.22. The van der Waals surface area contributed by atoms with Crippen molar-refractivity contribution >= 4 is 62.6 Å². The molecule has 0 aromatic carbocycles. The van der Waals surface area contributed by atoms with Gasteiger partial charge in [0.15, 0.2) is 5.82 Å². The van der Waals surface area contributed by atoms with E-state index in [0.717, 1.165) is 0 Å². The van der Waals surface area contributed by atoms with Crippen LogP contribution >= 0.6 is 15.9 Å². The van der Waals surface area contributed by atoms with Crippen LogP contribution in [0.1, 0.15) is 49.0 Å². The number of aryl methyl sites for hydroxylation is 1. The van der Waals surface area contributed by atoms with Crippen molar-refractivity contribution in [2.45, 2.75) is 20.3 Å². The van der Waals surface area contributed by atoms with Crippen LogP contribution in [0, 0.1) is 19.3 Å². The third-order valence-electron chi connectivity index (χ3n) is 5.51.